The molecular formula is C21H22N2O4. The van der Waals surface area contributed by atoms with Gasteiger partial charge >= 0.3 is 0 Å². The fourth-order valence-corrected chi connectivity index (χ4v) is 2.46. The van der Waals surface area contributed by atoms with Crippen LogP contribution >= 0.6 is 0 Å². The van der Waals surface area contributed by atoms with Crippen molar-refractivity contribution in [3.63, 3.8) is 0 Å². The SMILES string of the molecule is COCc1ccccc1CNC(=O)/C=C/c1ccc(OCC#N)c(OC)c1. The quantitative estimate of drug-likeness (QED) is 0.690. The number of nitriles is 1. The van der Waals surface area contributed by atoms with Crippen LogP contribution in [0.4, 0.5) is 0 Å². The molecule has 0 saturated heterocycles. The molecule has 0 aliphatic heterocycles. The summed E-state index contributed by atoms with van der Waals surface area (Å²) in [5.74, 6) is 0.780. The highest BCUT2D eigenvalue weighted by molar-refractivity contribution is 5.91. The summed E-state index contributed by atoms with van der Waals surface area (Å²) in [4.78, 5) is 12.1. The van der Waals surface area contributed by atoms with Gasteiger partial charge in [-0.05, 0) is 34.9 Å². The maximum absolute atomic E-state index is 12.1. The first-order valence-corrected chi connectivity index (χ1v) is 8.37. The van der Waals surface area contributed by atoms with Crippen LogP contribution in [0, 0.1) is 11.3 Å². The molecule has 0 aliphatic carbocycles. The molecule has 0 atom stereocenters. The van der Waals surface area contributed by atoms with Crippen molar-refractivity contribution in [3.8, 4) is 17.6 Å². The van der Waals surface area contributed by atoms with Crippen LogP contribution in [0.15, 0.2) is 48.5 Å². The van der Waals surface area contributed by atoms with Gasteiger partial charge < -0.3 is 19.5 Å². The molecule has 140 valence electrons. The van der Waals surface area contributed by atoms with Gasteiger partial charge in [-0.15, -0.1) is 0 Å². The van der Waals surface area contributed by atoms with E-state index in [0.29, 0.717) is 24.7 Å². The van der Waals surface area contributed by atoms with Crippen molar-refractivity contribution < 1.29 is 19.0 Å². The van der Waals surface area contributed by atoms with Crippen LogP contribution in [0.25, 0.3) is 6.08 Å². The summed E-state index contributed by atoms with van der Waals surface area (Å²) in [5, 5.41) is 11.5. The number of rotatable bonds is 9. The minimum absolute atomic E-state index is 0.0570. The highest BCUT2D eigenvalue weighted by Crippen LogP contribution is 2.28. The maximum atomic E-state index is 12.1. The van der Waals surface area contributed by atoms with Gasteiger partial charge in [0.05, 0.1) is 13.7 Å². The van der Waals surface area contributed by atoms with Gasteiger partial charge in [0.25, 0.3) is 0 Å². The van der Waals surface area contributed by atoms with E-state index in [9.17, 15) is 4.79 Å². The first-order valence-electron chi connectivity index (χ1n) is 8.37. The second-order valence-electron chi connectivity index (χ2n) is 5.61. The molecule has 27 heavy (non-hydrogen) atoms. The van der Waals surface area contributed by atoms with Crippen molar-refractivity contribution >= 4 is 12.0 Å². The third-order valence-electron chi connectivity index (χ3n) is 3.78. The van der Waals surface area contributed by atoms with Crippen LogP contribution in [0.3, 0.4) is 0 Å². The van der Waals surface area contributed by atoms with Gasteiger partial charge in [0.15, 0.2) is 18.1 Å². The molecule has 0 fully saturated rings. The van der Waals surface area contributed by atoms with Crippen LogP contribution < -0.4 is 14.8 Å². The number of carbonyl (C=O) groups is 1. The minimum Gasteiger partial charge on any atom is -0.493 e. The van der Waals surface area contributed by atoms with Gasteiger partial charge in [0.1, 0.15) is 6.07 Å². The summed E-state index contributed by atoms with van der Waals surface area (Å²) < 4.78 is 15.7. The average Bonchev–Trinajstić information content (AvgIpc) is 2.70. The highest BCUT2D eigenvalue weighted by atomic mass is 16.5. The van der Waals surface area contributed by atoms with Crippen LogP contribution in [0.2, 0.25) is 0 Å². The van der Waals surface area contributed by atoms with E-state index in [-0.39, 0.29) is 12.5 Å². The summed E-state index contributed by atoms with van der Waals surface area (Å²) in [7, 11) is 3.16. The number of carbonyl (C=O) groups excluding carboxylic acids is 1. The predicted molar refractivity (Wildman–Crippen MR) is 102 cm³/mol. The molecule has 0 bridgehead atoms. The Morgan fingerprint density at radius 2 is 1.93 bits per heavy atom. The Kier molecular flexibility index (Phi) is 7.89. The second kappa shape index (κ2) is 10.6. The third-order valence-corrected chi connectivity index (χ3v) is 3.78. The number of benzene rings is 2. The Labute approximate surface area is 159 Å². The van der Waals surface area contributed by atoms with Crippen molar-refractivity contribution in [1.82, 2.24) is 5.32 Å². The smallest absolute Gasteiger partial charge is 0.244 e. The largest absolute Gasteiger partial charge is 0.493 e. The van der Waals surface area contributed by atoms with Gasteiger partial charge in [-0.3, -0.25) is 4.79 Å². The van der Waals surface area contributed by atoms with E-state index in [2.05, 4.69) is 5.32 Å². The lowest BCUT2D eigenvalue weighted by Crippen LogP contribution is -2.21. The van der Waals surface area contributed by atoms with Crippen molar-refractivity contribution in [2.75, 3.05) is 20.8 Å². The molecule has 1 amide bonds. The monoisotopic (exact) mass is 366 g/mol. The van der Waals surface area contributed by atoms with Crippen molar-refractivity contribution in [2.45, 2.75) is 13.2 Å². The van der Waals surface area contributed by atoms with Gasteiger partial charge in [-0.25, -0.2) is 0 Å². The number of ether oxygens (including phenoxy) is 3. The van der Waals surface area contributed by atoms with E-state index in [1.54, 1.807) is 31.4 Å². The molecule has 2 rings (SSSR count). The van der Waals surface area contributed by atoms with Crippen LogP contribution in [-0.2, 0) is 22.7 Å². The number of hydrogen-bond acceptors (Lipinski definition) is 5. The molecule has 0 unspecified atom stereocenters. The first kappa shape index (κ1) is 20.0. The lowest BCUT2D eigenvalue weighted by Gasteiger charge is -2.09. The Hall–Kier alpha value is -3.30. The maximum Gasteiger partial charge on any atom is 0.244 e. The molecule has 0 saturated carbocycles. The summed E-state index contributed by atoms with van der Waals surface area (Å²) in [5.41, 5.74) is 2.84. The van der Waals surface area contributed by atoms with E-state index in [1.165, 1.54) is 13.2 Å². The average molecular weight is 366 g/mol. The van der Waals surface area contributed by atoms with Gasteiger partial charge in [0.2, 0.25) is 5.91 Å². The van der Waals surface area contributed by atoms with Gasteiger partial charge in [-0.1, -0.05) is 30.3 Å². The zero-order valence-corrected chi connectivity index (χ0v) is 15.4. The Morgan fingerprint density at radius 3 is 2.63 bits per heavy atom. The number of nitrogens with zero attached hydrogens (tertiary/aromatic N) is 1. The summed E-state index contributed by atoms with van der Waals surface area (Å²) in [6, 6.07) is 14.9. The number of hydrogen-bond donors (Lipinski definition) is 1. The topological polar surface area (TPSA) is 80.6 Å². The zero-order valence-electron chi connectivity index (χ0n) is 15.4. The minimum atomic E-state index is -0.203. The summed E-state index contributed by atoms with van der Waals surface area (Å²) >= 11 is 0. The third kappa shape index (κ3) is 6.17. The standard InChI is InChI=1S/C21H22N2O4/c1-25-15-18-6-4-3-5-17(18)14-23-21(24)10-8-16-7-9-19(27-12-11-22)20(13-16)26-2/h3-10,13H,12,14-15H2,1-2H3,(H,23,24)/b10-8+. The van der Waals surface area contributed by atoms with Crippen molar-refractivity contribution in [1.29, 1.82) is 5.26 Å². The Bertz CT molecular complexity index is 840. The number of amides is 1. The van der Waals surface area contributed by atoms with E-state index >= 15 is 0 Å². The lowest BCUT2D eigenvalue weighted by molar-refractivity contribution is -0.116. The fourth-order valence-electron chi connectivity index (χ4n) is 2.46. The molecule has 0 aromatic heterocycles. The van der Waals surface area contributed by atoms with Crippen LogP contribution in [-0.4, -0.2) is 26.7 Å². The lowest BCUT2D eigenvalue weighted by atomic mass is 10.1. The Balaban J connectivity index is 1.97. The highest BCUT2D eigenvalue weighted by Gasteiger charge is 2.06. The Morgan fingerprint density at radius 1 is 1.15 bits per heavy atom. The molecule has 6 heteroatoms. The molecule has 0 spiro atoms. The molecule has 6 nitrogen and oxygen atoms in total. The van der Waals surface area contributed by atoms with Crippen molar-refractivity contribution in [2.24, 2.45) is 0 Å². The number of nitrogens with one attached hydrogen (secondary N) is 1. The molecule has 0 radical (unpaired) electrons. The predicted octanol–water partition coefficient (Wildman–Crippen LogP) is 3.07. The van der Waals surface area contributed by atoms with E-state index < -0.39 is 0 Å². The normalized spacial score (nSPS) is 10.4. The van der Waals surface area contributed by atoms with E-state index in [1.807, 2.05) is 30.3 Å². The molecule has 0 heterocycles. The first-order chi connectivity index (χ1) is 13.2. The summed E-state index contributed by atoms with van der Waals surface area (Å²) in [6.45, 7) is 0.868. The van der Waals surface area contributed by atoms with E-state index in [4.69, 9.17) is 19.5 Å². The second-order valence-corrected chi connectivity index (χ2v) is 5.61. The van der Waals surface area contributed by atoms with Crippen molar-refractivity contribution in [3.05, 3.63) is 65.2 Å². The molecule has 1 N–H and O–H groups in total. The van der Waals surface area contributed by atoms with Gasteiger partial charge in [0, 0.05) is 19.7 Å². The fraction of sp³-hybridized carbons (Fsp3) is 0.238. The molecule has 2 aromatic carbocycles. The molecule has 0 aliphatic rings. The molecular weight excluding hydrogens is 344 g/mol. The van der Waals surface area contributed by atoms with Gasteiger partial charge in [-0.2, -0.15) is 5.26 Å². The summed E-state index contributed by atoms with van der Waals surface area (Å²) in [6.07, 6.45) is 3.15. The van der Waals surface area contributed by atoms with E-state index in [0.717, 1.165) is 16.7 Å². The number of methoxy groups -OCH3 is 2. The molecule has 2 aromatic rings. The van der Waals surface area contributed by atoms with Crippen LogP contribution in [0.5, 0.6) is 11.5 Å². The zero-order chi connectivity index (χ0) is 19.5. The van der Waals surface area contributed by atoms with Crippen LogP contribution in [0.1, 0.15) is 16.7 Å².